The first-order valence-corrected chi connectivity index (χ1v) is 11.0. The average molecular weight is 439 g/mol. The lowest BCUT2D eigenvalue weighted by Gasteiger charge is -2.33. The number of aromatic nitrogens is 3. The van der Waals surface area contributed by atoms with Crippen LogP contribution in [0.25, 0.3) is 0 Å². The van der Waals surface area contributed by atoms with Crippen LogP contribution in [0.3, 0.4) is 0 Å². The summed E-state index contributed by atoms with van der Waals surface area (Å²) in [5, 5.41) is 8.39. The van der Waals surface area contributed by atoms with Crippen molar-refractivity contribution in [1.82, 2.24) is 19.2 Å². The highest BCUT2D eigenvalue weighted by molar-refractivity contribution is 7.04. The van der Waals surface area contributed by atoms with Gasteiger partial charge in [0.05, 0.1) is 34.5 Å². The lowest BCUT2D eigenvalue weighted by Crippen LogP contribution is -2.44. The van der Waals surface area contributed by atoms with Crippen molar-refractivity contribution in [2.45, 2.75) is 13.3 Å². The molecule has 0 saturated carbocycles. The van der Waals surface area contributed by atoms with E-state index < -0.39 is 5.91 Å². The molecule has 31 heavy (non-hydrogen) atoms. The van der Waals surface area contributed by atoms with Crippen molar-refractivity contribution >= 4 is 46.1 Å². The smallest absolute Gasteiger partial charge is 0.252 e. The second-order valence-electron chi connectivity index (χ2n) is 7.45. The van der Waals surface area contributed by atoms with E-state index in [-0.39, 0.29) is 0 Å². The predicted molar refractivity (Wildman–Crippen MR) is 125 cm³/mol. The van der Waals surface area contributed by atoms with Gasteiger partial charge < -0.3 is 26.2 Å². The Morgan fingerprint density at radius 2 is 1.87 bits per heavy atom. The van der Waals surface area contributed by atoms with Crippen molar-refractivity contribution in [2.75, 3.05) is 48.8 Å². The van der Waals surface area contributed by atoms with Crippen LogP contribution in [0, 0.1) is 0 Å². The van der Waals surface area contributed by atoms with Crippen molar-refractivity contribution in [1.29, 1.82) is 0 Å². The van der Waals surface area contributed by atoms with Crippen LogP contribution in [0.5, 0.6) is 0 Å². The monoisotopic (exact) mass is 438 g/mol. The summed E-state index contributed by atoms with van der Waals surface area (Å²) in [6.45, 7) is 6.11. The lowest BCUT2D eigenvalue weighted by atomic mass is 10.2. The lowest BCUT2D eigenvalue weighted by molar-refractivity contribution is 0.100. The molecule has 1 saturated heterocycles. The second-order valence-corrected chi connectivity index (χ2v) is 8.08. The summed E-state index contributed by atoms with van der Waals surface area (Å²) in [7, 11) is 2.14. The minimum absolute atomic E-state index is 0.317. The van der Waals surface area contributed by atoms with Crippen molar-refractivity contribution < 1.29 is 4.79 Å². The molecule has 0 bridgehead atoms. The molecule has 0 unspecified atom stereocenters. The Morgan fingerprint density at radius 1 is 1.10 bits per heavy atom. The number of carbonyl (C=O) groups excluding carboxylic acids is 1. The molecule has 3 aromatic heterocycles. The number of piperazine rings is 1. The molecule has 1 amide bonds. The molecular formula is C21H26N8OS. The first-order chi connectivity index (χ1) is 15.0. The number of hydrogen-bond donors (Lipinski definition) is 3. The van der Waals surface area contributed by atoms with Gasteiger partial charge in [0, 0.05) is 43.8 Å². The van der Waals surface area contributed by atoms with Crippen LogP contribution in [0.2, 0.25) is 0 Å². The summed E-state index contributed by atoms with van der Waals surface area (Å²) < 4.78 is 4.36. The molecule has 9 nitrogen and oxygen atoms in total. The van der Waals surface area contributed by atoms with E-state index in [9.17, 15) is 4.79 Å². The molecule has 162 valence electrons. The van der Waals surface area contributed by atoms with Crippen LogP contribution >= 0.6 is 11.5 Å². The van der Waals surface area contributed by atoms with Gasteiger partial charge in [-0.2, -0.15) is 4.37 Å². The van der Waals surface area contributed by atoms with Crippen LogP contribution in [0.4, 0.5) is 28.7 Å². The normalized spacial score (nSPS) is 14.5. The molecule has 4 N–H and O–H groups in total. The van der Waals surface area contributed by atoms with Gasteiger partial charge in [-0.3, -0.25) is 4.79 Å². The Balaban J connectivity index is 1.51. The van der Waals surface area contributed by atoms with Crippen LogP contribution in [-0.4, -0.2) is 58.4 Å². The van der Waals surface area contributed by atoms with Gasteiger partial charge in [-0.05, 0) is 37.1 Å². The van der Waals surface area contributed by atoms with Gasteiger partial charge in [-0.15, -0.1) is 0 Å². The highest BCUT2D eigenvalue weighted by Crippen LogP contribution is 2.28. The summed E-state index contributed by atoms with van der Waals surface area (Å²) in [6.07, 6.45) is 4.13. The van der Waals surface area contributed by atoms with Crippen LogP contribution in [-0.2, 0) is 6.42 Å². The highest BCUT2D eigenvalue weighted by Gasteiger charge is 2.15. The topological polar surface area (TPSA) is 112 Å². The van der Waals surface area contributed by atoms with Crippen LogP contribution in [0.1, 0.15) is 23.0 Å². The number of nitrogens with zero attached hydrogens (tertiary/aromatic N) is 5. The summed E-state index contributed by atoms with van der Waals surface area (Å²) in [5.74, 6) is 0.695. The van der Waals surface area contributed by atoms with E-state index in [2.05, 4.69) is 47.9 Å². The maximum absolute atomic E-state index is 11.9. The van der Waals surface area contributed by atoms with E-state index in [1.54, 1.807) is 6.07 Å². The third kappa shape index (κ3) is 4.92. The van der Waals surface area contributed by atoms with E-state index in [1.807, 2.05) is 24.6 Å². The number of pyridine rings is 2. The number of aryl methyl sites for hydroxylation is 1. The maximum atomic E-state index is 11.9. The molecule has 0 aromatic carbocycles. The standard InChI is InChI=1S/C21H26N8OS/c1-3-16-18(13-31-27-16)25-17-10-20(24-12-15(17)21(22)30)26-19-5-4-14(11-23-19)29-8-6-28(2)7-9-29/h4-5,10-13H,3,6-9H2,1-2H3,(H2,22,30)(H2,23,24,25,26). The van der Waals surface area contributed by atoms with Gasteiger partial charge in [-0.1, -0.05) is 6.92 Å². The number of nitrogens with two attached hydrogens (primary N) is 1. The van der Waals surface area contributed by atoms with E-state index in [0.29, 0.717) is 22.9 Å². The fraction of sp³-hybridized carbons (Fsp3) is 0.333. The van der Waals surface area contributed by atoms with Crippen molar-refractivity contribution in [3.05, 3.63) is 47.2 Å². The number of amides is 1. The van der Waals surface area contributed by atoms with Crippen molar-refractivity contribution in [3.8, 4) is 0 Å². The van der Waals surface area contributed by atoms with Gasteiger partial charge in [0.2, 0.25) is 0 Å². The summed E-state index contributed by atoms with van der Waals surface area (Å²) in [6, 6.07) is 5.75. The Hall–Kier alpha value is -3.24. The molecular weight excluding hydrogens is 412 g/mol. The molecule has 3 aromatic rings. The van der Waals surface area contributed by atoms with E-state index >= 15 is 0 Å². The molecule has 0 radical (unpaired) electrons. The SMILES string of the molecule is CCc1nscc1Nc1cc(Nc2ccc(N3CCN(C)CC3)cn2)ncc1C(N)=O. The van der Waals surface area contributed by atoms with Gasteiger partial charge in [0.25, 0.3) is 5.91 Å². The van der Waals surface area contributed by atoms with E-state index in [0.717, 1.165) is 49.7 Å². The first kappa shape index (κ1) is 21.0. The Bertz CT molecular complexity index is 1040. The average Bonchev–Trinajstić information content (AvgIpc) is 3.22. The summed E-state index contributed by atoms with van der Waals surface area (Å²) in [5.41, 5.74) is 9.34. The number of nitrogens with one attached hydrogen (secondary N) is 2. The van der Waals surface area contributed by atoms with E-state index in [1.165, 1.54) is 17.7 Å². The number of rotatable bonds is 7. The molecule has 10 heteroatoms. The van der Waals surface area contributed by atoms with Gasteiger partial charge in [0.1, 0.15) is 11.6 Å². The van der Waals surface area contributed by atoms with Gasteiger partial charge in [-0.25, -0.2) is 9.97 Å². The minimum Gasteiger partial charge on any atom is -0.368 e. The van der Waals surface area contributed by atoms with Crippen molar-refractivity contribution in [3.63, 3.8) is 0 Å². The largest absolute Gasteiger partial charge is 0.368 e. The Kier molecular flexibility index (Phi) is 6.28. The number of primary amides is 1. The fourth-order valence-corrected chi connectivity index (χ4v) is 4.14. The van der Waals surface area contributed by atoms with Crippen molar-refractivity contribution in [2.24, 2.45) is 5.73 Å². The predicted octanol–water partition coefficient (Wildman–Crippen LogP) is 2.83. The molecule has 0 spiro atoms. The molecule has 0 atom stereocenters. The van der Waals surface area contributed by atoms with Crippen LogP contribution in [0.15, 0.2) is 36.0 Å². The zero-order valence-corrected chi connectivity index (χ0v) is 18.4. The van der Waals surface area contributed by atoms with E-state index in [4.69, 9.17) is 5.73 Å². The molecule has 1 fully saturated rings. The number of carbonyl (C=O) groups is 1. The molecule has 4 rings (SSSR count). The third-order valence-corrected chi connectivity index (χ3v) is 5.96. The number of anilines is 5. The van der Waals surface area contributed by atoms with Gasteiger partial charge in [0.15, 0.2) is 0 Å². The molecule has 1 aliphatic rings. The fourth-order valence-electron chi connectivity index (χ4n) is 3.43. The molecule has 1 aliphatic heterocycles. The summed E-state index contributed by atoms with van der Waals surface area (Å²) >= 11 is 1.37. The highest BCUT2D eigenvalue weighted by atomic mass is 32.1. The number of likely N-dealkylation sites (N-methyl/N-ethyl adjacent to an activating group) is 1. The Labute approximate surface area is 185 Å². The van der Waals surface area contributed by atoms with Crippen LogP contribution < -0.4 is 21.3 Å². The zero-order valence-electron chi connectivity index (χ0n) is 17.6. The third-order valence-electron chi connectivity index (χ3n) is 5.29. The molecule has 0 aliphatic carbocycles. The first-order valence-electron chi connectivity index (χ1n) is 10.2. The zero-order chi connectivity index (χ0) is 21.8. The Morgan fingerprint density at radius 3 is 2.55 bits per heavy atom. The molecule has 4 heterocycles. The van der Waals surface area contributed by atoms with Gasteiger partial charge >= 0.3 is 0 Å². The number of hydrogen-bond acceptors (Lipinski definition) is 9. The second kappa shape index (κ2) is 9.27. The minimum atomic E-state index is -0.544. The summed E-state index contributed by atoms with van der Waals surface area (Å²) in [4.78, 5) is 25.4. The maximum Gasteiger partial charge on any atom is 0.252 e. The quantitative estimate of drug-likeness (QED) is 0.516.